The van der Waals surface area contributed by atoms with Crippen LogP contribution in [0.15, 0.2) is 36.7 Å². The van der Waals surface area contributed by atoms with Crippen molar-refractivity contribution < 1.29 is 9.13 Å². The van der Waals surface area contributed by atoms with E-state index in [1.165, 1.54) is 13.2 Å². The molecule has 0 spiro atoms. The number of rotatable bonds is 3. The lowest BCUT2D eigenvalue weighted by atomic mass is 9.99. The van der Waals surface area contributed by atoms with Crippen molar-refractivity contribution in [2.75, 3.05) is 12.8 Å². The SMILES string of the molecule is COc1cc(C(N)c2cnccc2N)ccc1F. The monoisotopic (exact) mass is 247 g/mol. The lowest BCUT2D eigenvalue weighted by molar-refractivity contribution is 0.385. The molecule has 2 aromatic rings. The molecule has 0 aliphatic heterocycles. The third kappa shape index (κ3) is 2.26. The maximum absolute atomic E-state index is 13.3. The van der Waals surface area contributed by atoms with Crippen molar-refractivity contribution in [3.63, 3.8) is 0 Å². The molecule has 1 aromatic heterocycles. The third-order valence-electron chi connectivity index (χ3n) is 2.76. The molecule has 0 radical (unpaired) electrons. The van der Waals surface area contributed by atoms with Crippen LogP contribution in [0, 0.1) is 5.82 Å². The molecule has 94 valence electrons. The highest BCUT2D eigenvalue weighted by Gasteiger charge is 2.14. The van der Waals surface area contributed by atoms with Crippen LogP contribution in [0.4, 0.5) is 10.1 Å². The van der Waals surface area contributed by atoms with Gasteiger partial charge in [-0.1, -0.05) is 6.07 Å². The van der Waals surface area contributed by atoms with Gasteiger partial charge in [-0.2, -0.15) is 0 Å². The van der Waals surface area contributed by atoms with Gasteiger partial charge in [0.15, 0.2) is 11.6 Å². The minimum atomic E-state index is -0.465. The van der Waals surface area contributed by atoms with E-state index in [9.17, 15) is 4.39 Å². The Kier molecular flexibility index (Phi) is 3.43. The van der Waals surface area contributed by atoms with Crippen molar-refractivity contribution in [1.29, 1.82) is 0 Å². The zero-order valence-electron chi connectivity index (χ0n) is 9.93. The largest absolute Gasteiger partial charge is 0.494 e. The van der Waals surface area contributed by atoms with E-state index in [0.717, 1.165) is 0 Å². The minimum Gasteiger partial charge on any atom is -0.494 e. The summed E-state index contributed by atoms with van der Waals surface area (Å²) in [7, 11) is 1.41. The average molecular weight is 247 g/mol. The molecular formula is C13H14FN3O. The number of anilines is 1. The average Bonchev–Trinajstić information content (AvgIpc) is 2.39. The van der Waals surface area contributed by atoms with E-state index in [2.05, 4.69) is 4.98 Å². The first-order chi connectivity index (χ1) is 8.63. The molecule has 4 nitrogen and oxygen atoms in total. The number of nitrogen functional groups attached to an aromatic ring is 1. The number of benzene rings is 1. The maximum atomic E-state index is 13.3. The number of pyridine rings is 1. The van der Waals surface area contributed by atoms with Crippen LogP contribution in [0.3, 0.4) is 0 Å². The van der Waals surface area contributed by atoms with E-state index in [1.807, 2.05) is 0 Å². The molecule has 0 aliphatic carbocycles. The Morgan fingerprint density at radius 2 is 2.11 bits per heavy atom. The van der Waals surface area contributed by atoms with Crippen molar-refractivity contribution in [3.05, 3.63) is 53.6 Å². The van der Waals surface area contributed by atoms with Gasteiger partial charge in [0.2, 0.25) is 0 Å². The fourth-order valence-corrected chi connectivity index (χ4v) is 1.73. The van der Waals surface area contributed by atoms with Crippen LogP contribution in [-0.2, 0) is 0 Å². The van der Waals surface area contributed by atoms with Gasteiger partial charge >= 0.3 is 0 Å². The number of nitrogens with zero attached hydrogens (tertiary/aromatic N) is 1. The Bertz CT molecular complexity index is 560. The van der Waals surface area contributed by atoms with E-state index in [1.54, 1.807) is 30.6 Å². The molecule has 4 N–H and O–H groups in total. The van der Waals surface area contributed by atoms with Crippen molar-refractivity contribution >= 4 is 5.69 Å². The molecule has 1 heterocycles. The van der Waals surface area contributed by atoms with E-state index in [0.29, 0.717) is 16.8 Å². The summed E-state index contributed by atoms with van der Waals surface area (Å²) in [6, 6.07) is 5.70. The summed E-state index contributed by atoms with van der Waals surface area (Å²) < 4.78 is 18.2. The summed E-state index contributed by atoms with van der Waals surface area (Å²) in [6.07, 6.45) is 3.20. The van der Waals surface area contributed by atoms with Crippen LogP contribution in [0.2, 0.25) is 0 Å². The molecule has 0 aliphatic rings. The first-order valence-electron chi connectivity index (χ1n) is 5.42. The summed E-state index contributed by atoms with van der Waals surface area (Å²) in [5.41, 5.74) is 13.9. The first kappa shape index (κ1) is 12.3. The van der Waals surface area contributed by atoms with E-state index in [4.69, 9.17) is 16.2 Å². The molecule has 0 saturated heterocycles. The summed E-state index contributed by atoms with van der Waals surface area (Å²) in [5, 5.41) is 0. The van der Waals surface area contributed by atoms with E-state index >= 15 is 0 Å². The van der Waals surface area contributed by atoms with Gasteiger partial charge in [-0.3, -0.25) is 4.98 Å². The van der Waals surface area contributed by atoms with Crippen LogP contribution >= 0.6 is 0 Å². The van der Waals surface area contributed by atoms with Gasteiger partial charge in [-0.05, 0) is 23.8 Å². The number of ether oxygens (including phenoxy) is 1. The zero-order chi connectivity index (χ0) is 13.1. The number of aromatic nitrogens is 1. The van der Waals surface area contributed by atoms with Gasteiger partial charge in [-0.25, -0.2) is 4.39 Å². The van der Waals surface area contributed by atoms with Gasteiger partial charge in [0, 0.05) is 23.6 Å². The fraction of sp³-hybridized carbons (Fsp3) is 0.154. The van der Waals surface area contributed by atoms with Gasteiger partial charge in [0.05, 0.1) is 13.2 Å². The fourth-order valence-electron chi connectivity index (χ4n) is 1.73. The van der Waals surface area contributed by atoms with Crippen molar-refractivity contribution in [3.8, 4) is 5.75 Å². The number of hydrogen-bond donors (Lipinski definition) is 2. The van der Waals surface area contributed by atoms with Crippen LogP contribution in [0.1, 0.15) is 17.2 Å². The van der Waals surface area contributed by atoms with Crippen LogP contribution in [0.25, 0.3) is 0 Å². The summed E-state index contributed by atoms with van der Waals surface area (Å²) in [5.74, 6) is -0.266. The van der Waals surface area contributed by atoms with E-state index in [-0.39, 0.29) is 5.75 Å². The quantitative estimate of drug-likeness (QED) is 0.868. The second-order valence-electron chi connectivity index (χ2n) is 3.88. The molecule has 1 atom stereocenters. The highest BCUT2D eigenvalue weighted by atomic mass is 19.1. The second-order valence-corrected chi connectivity index (χ2v) is 3.88. The standard InChI is InChI=1S/C13H14FN3O/c1-18-12-6-8(2-3-10(12)14)13(16)9-7-17-5-4-11(9)15/h2-7,13H,16H2,1H3,(H2,15,17). The molecule has 0 bridgehead atoms. The Morgan fingerprint density at radius 1 is 1.33 bits per heavy atom. The molecule has 5 heteroatoms. The normalized spacial score (nSPS) is 12.2. The predicted molar refractivity (Wildman–Crippen MR) is 67.6 cm³/mol. The molecule has 2 rings (SSSR count). The van der Waals surface area contributed by atoms with E-state index < -0.39 is 11.9 Å². The molecule has 0 fully saturated rings. The van der Waals surface area contributed by atoms with Crippen LogP contribution < -0.4 is 16.2 Å². The highest BCUT2D eigenvalue weighted by molar-refractivity contribution is 5.50. The summed E-state index contributed by atoms with van der Waals surface area (Å²) >= 11 is 0. The maximum Gasteiger partial charge on any atom is 0.165 e. The van der Waals surface area contributed by atoms with Gasteiger partial charge < -0.3 is 16.2 Å². The molecule has 1 aromatic carbocycles. The van der Waals surface area contributed by atoms with Crippen molar-refractivity contribution in [2.24, 2.45) is 5.73 Å². The van der Waals surface area contributed by atoms with Crippen LogP contribution in [-0.4, -0.2) is 12.1 Å². The number of nitrogens with two attached hydrogens (primary N) is 2. The lowest BCUT2D eigenvalue weighted by Crippen LogP contribution is -2.14. The summed E-state index contributed by atoms with van der Waals surface area (Å²) in [6.45, 7) is 0. The lowest BCUT2D eigenvalue weighted by Gasteiger charge is -2.15. The second kappa shape index (κ2) is 5.01. The molecule has 1 unspecified atom stereocenters. The van der Waals surface area contributed by atoms with Gasteiger partial charge in [0.25, 0.3) is 0 Å². The van der Waals surface area contributed by atoms with Gasteiger partial charge in [-0.15, -0.1) is 0 Å². The highest BCUT2D eigenvalue weighted by Crippen LogP contribution is 2.27. The van der Waals surface area contributed by atoms with Crippen LogP contribution in [0.5, 0.6) is 5.75 Å². The molecule has 0 saturated carbocycles. The predicted octanol–water partition coefficient (Wildman–Crippen LogP) is 1.86. The Labute approximate surface area is 104 Å². The Balaban J connectivity index is 2.40. The van der Waals surface area contributed by atoms with Crippen molar-refractivity contribution in [2.45, 2.75) is 6.04 Å². The zero-order valence-corrected chi connectivity index (χ0v) is 9.93. The minimum absolute atomic E-state index is 0.158. The number of halogens is 1. The molecule has 0 amide bonds. The topological polar surface area (TPSA) is 74.2 Å². The Hall–Kier alpha value is -2.14. The molecular weight excluding hydrogens is 233 g/mol. The number of hydrogen-bond acceptors (Lipinski definition) is 4. The Morgan fingerprint density at radius 3 is 2.78 bits per heavy atom. The number of methoxy groups -OCH3 is 1. The molecule has 18 heavy (non-hydrogen) atoms. The summed E-state index contributed by atoms with van der Waals surface area (Å²) in [4.78, 5) is 3.99. The smallest absolute Gasteiger partial charge is 0.165 e. The third-order valence-corrected chi connectivity index (χ3v) is 2.76. The first-order valence-corrected chi connectivity index (χ1v) is 5.42. The van der Waals surface area contributed by atoms with Crippen molar-refractivity contribution in [1.82, 2.24) is 4.98 Å². The van der Waals surface area contributed by atoms with Gasteiger partial charge in [0.1, 0.15) is 0 Å².